The van der Waals surface area contributed by atoms with Gasteiger partial charge in [0.2, 0.25) is 0 Å². The molecule has 0 aliphatic carbocycles. The highest BCUT2D eigenvalue weighted by Gasteiger charge is 2.19. The van der Waals surface area contributed by atoms with Crippen LogP contribution in [0.4, 0.5) is 10.5 Å². The van der Waals surface area contributed by atoms with Crippen molar-refractivity contribution in [2.24, 2.45) is 0 Å². The summed E-state index contributed by atoms with van der Waals surface area (Å²) in [5.74, 6) is -1.05. The minimum absolute atomic E-state index is 0.102. The Hall–Kier alpha value is -1.31. The summed E-state index contributed by atoms with van der Waals surface area (Å²) in [6, 6.07) is 4.76. The Morgan fingerprint density at radius 1 is 1.40 bits per heavy atom. The van der Waals surface area contributed by atoms with Gasteiger partial charge in [0.1, 0.15) is 0 Å². The maximum atomic E-state index is 12.2. The van der Waals surface area contributed by atoms with Crippen molar-refractivity contribution < 1.29 is 14.7 Å². The first-order chi connectivity index (χ1) is 9.40. The summed E-state index contributed by atoms with van der Waals surface area (Å²) in [5, 5.41) is 11.9. The van der Waals surface area contributed by atoms with E-state index in [4.69, 9.17) is 0 Å². The van der Waals surface area contributed by atoms with Crippen molar-refractivity contribution in [3.8, 4) is 0 Å². The number of nitrogens with zero attached hydrogens (tertiary/aromatic N) is 1. The van der Waals surface area contributed by atoms with Crippen LogP contribution in [0, 0.1) is 3.57 Å². The standard InChI is InChI=1S/C14H19IN2O3/c1-4-9(3)17(5-2)14(20)16-12-7-6-10(15)8-11(12)13(18)19/h6-9H,4-5H2,1-3H3,(H,16,20)(H,18,19). The van der Waals surface area contributed by atoms with Crippen LogP contribution >= 0.6 is 22.6 Å². The van der Waals surface area contributed by atoms with E-state index < -0.39 is 5.97 Å². The van der Waals surface area contributed by atoms with Crippen molar-refractivity contribution in [3.63, 3.8) is 0 Å². The van der Waals surface area contributed by atoms with Gasteiger partial charge in [-0.05, 0) is 61.1 Å². The van der Waals surface area contributed by atoms with Crippen molar-refractivity contribution in [2.45, 2.75) is 33.2 Å². The number of carbonyl (C=O) groups excluding carboxylic acids is 1. The zero-order valence-electron chi connectivity index (χ0n) is 11.8. The molecular weight excluding hydrogens is 371 g/mol. The van der Waals surface area contributed by atoms with Gasteiger partial charge >= 0.3 is 12.0 Å². The minimum atomic E-state index is -1.05. The van der Waals surface area contributed by atoms with Crippen LogP contribution < -0.4 is 5.32 Å². The van der Waals surface area contributed by atoms with E-state index in [0.29, 0.717) is 12.2 Å². The molecule has 0 fully saturated rings. The average molecular weight is 390 g/mol. The summed E-state index contributed by atoms with van der Waals surface area (Å²) < 4.78 is 0.812. The maximum Gasteiger partial charge on any atom is 0.337 e. The van der Waals surface area contributed by atoms with Crippen molar-refractivity contribution in [2.75, 3.05) is 11.9 Å². The summed E-state index contributed by atoms with van der Waals surface area (Å²) in [6.45, 7) is 6.45. The first kappa shape index (κ1) is 16.7. The summed E-state index contributed by atoms with van der Waals surface area (Å²) in [5.41, 5.74) is 0.426. The number of amides is 2. The predicted octanol–water partition coefficient (Wildman–Crippen LogP) is 3.64. The van der Waals surface area contributed by atoms with Crippen molar-refractivity contribution in [1.29, 1.82) is 0 Å². The van der Waals surface area contributed by atoms with Gasteiger partial charge in [-0.25, -0.2) is 9.59 Å². The summed E-state index contributed by atoms with van der Waals surface area (Å²) in [6.07, 6.45) is 0.847. The number of halogens is 1. The Morgan fingerprint density at radius 3 is 2.55 bits per heavy atom. The lowest BCUT2D eigenvalue weighted by Crippen LogP contribution is -2.41. The summed E-state index contributed by atoms with van der Waals surface area (Å²) in [4.78, 5) is 25.1. The smallest absolute Gasteiger partial charge is 0.337 e. The third-order valence-electron chi connectivity index (χ3n) is 3.18. The average Bonchev–Trinajstić information content (AvgIpc) is 2.41. The van der Waals surface area contributed by atoms with Crippen LogP contribution in [0.3, 0.4) is 0 Å². The number of hydrogen-bond donors (Lipinski definition) is 2. The van der Waals surface area contributed by atoms with Gasteiger partial charge in [-0.1, -0.05) is 6.92 Å². The molecule has 2 amide bonds. The number of aromatic carboxylic acids is 1. The highest BCUT2D eigenvalue weighted by Crippen LogP contribution is 2.20. The fraction of sp³-hybridized carbons (Fsp3) is 0.429. The molecule has 2 N–H and O–H groups in total. The normalized spacial score (nSPS) is 11.8. The van der Waals surface area contributed by atoms with Gasteiger partial charge < -0.3 is 15.3 Å². The van der Waals surface area contributed by atoms with Crippen molar-refractivity contribution >= 4 is 40.3 Å². The van der Waals surface area contributed by atoms with E-state index >= 15 is 0 Å². The molecule has 110 valence electrons. The second kappa shape index (κ2) is 7.47. The van der Waals surface area contributed by atoms with Crippen LogP contribution in [0.5, 0.6) is 0 Å². The van der Waals surface area contributed by atoms with Crippen LogP contribution in [-0.4, -0.2) is 34.6 Å². The SMILES string of the molecule is CCC(C)N(CC)C(=O)Nc1ccc(I)cc1C(=O)O. The lowest BCUT2D eigenvalue weighted by Gasteiger charge is -2.27. The highest BCUT2D eigenvalue weighted by atomic mass is 127. The van der Waals surface area contributed by atoms with E-state index in [2.05, 4.69) is 5.32 Å². The fourth-order valence-electron chi connectivity index (χ4n) is 1.87. The number of anilines is 1. The molecule has 0 saturated heterocycles. The molecule has 0 bridgehead atoms. The molecule has 0 aliphatic heterocycles. The van der Waals surface area contributed by atoms with Crippen molar-refractivity contribution in [1.82, 2.24) is 4.90 Å². The molecular formula is C14H19IN2O3. The Bertz CT molecular complexity index is 505. The monoisotopic (exact) mass is 390 g/mol. The van der Waals surface area contributed by atoms with Crippen molar-refractivity contribution in [3.05, 3.63) is 27.3 Å². The lowest BCUT2D eigenvalue weighted by atomic mass is 10.2. The minimum Gasteiger partial charge on any atom is -0.478 e. The third-order valence-corrected chi connectivity index (χ3v) is 3.85. The molecule has 1 unspecified atom stereocenters. The van der Waals surface area contributed by atoms with E-state index in [1.165, 1.54) is 6.07 Å². The lowest BCUT2D eigenvalue weighted by molar-refractivity contribution is 0.0698. The number of carboxylic acid groups (broad SMARTS) is 1. The van der Waals surface area contributed by atoms with Gasteiger partial charge in [-0.15, -0.1) is 0 Å². The molecule has 5 nitrogen and oxygen atoms in total. The molecule has 0 spiro atoms. The molecule has 0 heterocycles. The van der Waals surface area contributed by atoms with Gasteiger partial charge in [-0.2, -0.15) is 0 Å². The van der Waals surface area contributed by atoms with Gasteiger partial charge in [0.05, 0.1) is 11.3 Å². The number of urea groups is 1. The summed E-state index contributed by atoms with van der Waals surface area (Å²) >= 11 is 2.04. The zero-order valence-corrected chi connectivity index (χ0v) is 14.0. The number of nitrogens with one attached hydrogen (secondary N) is 1. The number of carboxylic acids is 1. The first-order valence-corrected chi connectivity index (χ1v) is 7.59. The Morgan fingerprint density at radius 2 is 2.05 bits per heavy atom. The van der Waals surface area contributed by atoms with Crippen LogP contribution in [0.2, 0.25) is 0 Å². The zero-order chi connectivity index (χ0) is 15.3. The van der Waals surface area contributed by atoms with Gasteiger partial charge in [0, 0.05) is 16.2 Å². The topological polar surface area (TPSA) is 69.6 Å². The third kappa shape index (κ3) is 4.09. The molecule has 0 aliphatic rings. The van der Waals surface area contributed by atoms with E-state index in [-0.39, 0.29) is 17.6 Å². The van der Waals surface area contributed by atoms with Crippen LogP contribution in [-0.2, 0) is 0 Å². The molecule has 0 saturated carbocycles. The quantitative estimate of drug-likeness (QED) is 0.755. The number of rotatable bonds is 5. The first-order valence-electron chi connectivity index (χ1n) is 6.51. The highest BCUT2D eigenvalue weighted by molar-refractivity contribution is 14.1. The molecule has 1 aromatic rings. The fourth-order valence-corrected chi connectivity index (χ4v) is 2.36. The molecule has 1 rings (SSSR count). The Labute approximate surface area is 132 Å². The Kier molecular flexibility index (Phi) is 6.25. The van der Waals surface area contributed by atoms with E-state index in [0.717, 1.165) is 9.99 Å². The molecule has 0 aromatic heterocycles. The second-order valence-corrected chi connectivity index (χ2v) is 5.71. The summed E-state index contributed by atoms with van der Waals surface area (Å²) in [7, 11) is 0. The van der Waals surface area contributed by atoms with Crippen LogP contribution in [0.15, 0.2) is 18.2 Å². The Balaban J connectivity index is 2.98. The second-order valence-electron chi connectivity index (χ2n) is 4.47. The number of benzene rings is 1. The van der Waals surface area contributed by atoms with Gasteiger partial charge in [-0.3, -0.25) is 0 Å². The van der Waals surface area contributed by atoms with Crippen LogP contribution in [0.1, 0.15) is 37.6 Å². The number of hydrogen-bond acceptors (Lipinski definition) is 2. The molecule has 1 aromatic carbocycles. The largest absolute Gasteiger partial charge is 0.478 e. The molecule has 6 heteroatoms. The molecule has 20 heavy (non-hydrogen) atoms. The molecule has 1 atom stereocenters. The predicted molar refractivity (Wildman–Crippen MR) is 87.3 cm³/mol. The van der Waals surface area contributed by atoms with Crippen LogP contribution in [0.25, 0.3) is 0 Å². The maximum absolute atomic E-state index is 12.2. The van der Waals surface area contributed by atoms with E-state index in [1.54, 1.807) is 17.0 Å². The molecule has 0 radical (unpaired) electrons. The van der Waals surface area contributed by atoms with Gasteiger partial charge in [0.25, 0.3) is 0 Å². The van der Waals surface area contributed by atoms with E-state index in [9.17, 15) is 14.7 Å². The number of carbonyl (C=O) groups is 2. The van der Waals surface area contributed by atoms with E-state index in [1.807, 2.05) is 43.4 Å². The van der Waals surface area contributed by atoms with Gasteiger partial charge in [0.15, 0.2) is 0 Å².